The molecule has 0 amide bonds. The second-order valence-corrected chi connectivity index (χ2v) is 6.52. The highest BCUT2D eigenvalue weighted by Gasteiger charge is 2.14. The molecular formula is C17H29ClNO2+. The summed E-state index contributed by atoms with van der Waals surface area (Å²) in [6.45, 7) is 11.5. The van der Waals surface area contributed by atoms with Crippen molar-refractivity contribution in [3.8, 4) is 5.75 Å². The Morgan fingerprint density at radius 2 is 1.95 bits per heavy atom. The molecule has 120 valence electrons. The van der Waals surface area contributed by atoms with Crippen LogP contribution in [0.5, 0.6) is 5.75 Å². The van der Waals surface area contributed by atoms with Gasteiger partial charge >= 0.3 is 0 Å². The molecule has 3 N–H and O–H groups in total. The van der Waals surface area contributed by atoms with Gasteiger partial charge < -0.3 is 15.2 Å². The lowest BCUT2D eigenvalue weighted by Crippen LogP contribution is -2.91. The molecule has 2 atom stereocenters. The molecule has 0 saturated heterocycles. The van der Waals surface area contributed by atoms with Crippen molar-refractivity contribution in [2.45, 2.75) is 59.1 Å². The highest BCUT2D eigenvalue weighted by atomic mass is 35.5. The van der Waals surface area contributed by atoms with Crippen LogP contribution in [0.3, 0.4) is 0 Å². The summed E-state index contributed by atoms with van der Waals surface area (Å²) in [4.78, 5) is 0. The lowest BCUT2D eigenvalue weighted by Gasteiger charge is -2.18. The number of rotatable bonds is 8. The van der Waals surface area contributed by atoms with E-state index < -0.39 is 6.10 Å². The molecule has 4 heteroatoms. The molecular weight excluding hydrogens is 286 g/mol. The zero-order valence-electron chi connectivity index (χ0n) is 13.8. The predicted octanol–water partition coefficient (Wildman–Crippen LogP) is 2.87. The van der Waals surface area contributed by atoms with E-state index in [1.165, 1.54) is 0 Å². The number of aryl methyl sites for hydroxylation is 1. The molecule has 0 unspecified atom stereocenters. The first-order valence-electron chi connectivity index (χ1n) is 7.79. The molecule has 0 aliphatic carbocycles. The van der Waals surface area contributed by atoms with Crippen molar-refractivity contribution >= 4 is 11.6 Å². The Hall–Kier alpha value is -0.770. The average Bonchev–Trinajstić information content (AvgIpc) is 2.45. The van der Waals surface area contributed by atoms with Gasteiger partial charge in [0.2, 0.25) is 0 Å². The fraction of sp³-hybridized carbons (Fsp3) is 0.647. The summed E-state index contributed by atoms with van der Waals surface area (Å²) < 4.78 is 5.83. The van der Waals surface area contributed by atoms with E-state index in [0.717, 1.165) is 28.3 Å². The van der Waals surface area contributed by atoms with Crippen LogP contribution in [0.25, 0.3) is 0 Å². The standard InChI is InChI=1S/C17H28ClNO2/c1-6-13(5)19-9-14(20)10-21-17-7-12(4)16(18)8-15(17)11(2)3/h7-8,11,13-14,19-20H,6,9-10H2,1-5H3/p+1/t13-,14-/m0/s1. The first-order valence-corrected chi connectivity index (χ1v) is 8.17. The predicted molar refractivity (Wildman–Crippen MR) is 88.3 cm³/mol. The molecule has 21 heavy (non-hydrogen) atoms. The summed E-state index contributed by atoms with van der Waals surface area (Å²) in [5.41, 5.74) is 2.08. The van der Waals surface area contributed by atoms with E-state index in [2.05, 4.69) is 33.0 Å². The minimum absolute atomic E-state index is 0.313. The molecule has 0 aliphatic rings. The molecule has 0 fully saturated rings. The van der Waals surface area contributed by atoms with Gasteiger partial charge in [0.25, 0.3) is 0 Å². The number of aliphatic hydroxyl groups is 1. The minimum Gasteiger partial charge on any atom is -0.490 e. The molecule has 0 aromatic heterocycles. The van der Waals surface area contributed by atoms with Gasteiger partial charge in [0.05, 0.1) is 6.04 Å². The molecule has 1 aromatic carbocycles. The molecule has 0 radical (unpaired) electrons. The highest BCUT2D eigenvalue weighted by molar-refractivity contribution is 6.31. The first-order chi connectivity index (χ1) is 9.85. The Morgan fingerprint density at radius 3 is 2.52 bits per heavy atom. The summed E-state index contributed by atoms with van der Waals surface area (Å²) in [7, 11) is 0. The number of halogens is 1. The van der Waals surface area contributed by atoms with Crippen molar-refractivity contribution in [2.75, 3.05) is 13.2 Å². The topological polar surface area (TPSA) is 46.1 Å². The van der Waals surface area contributed by atoms with Crippen molar-refractivity contribution in [2.24, 2.45) is 0 Å². The lowest BCUT2D eigenvalue weighted by molar-refractivity contribution is -0.691. The third-order valence-corrected chi connectivity index (χ3v) is 4.21. The molecule has 1 rings (SSSR count). The number of nitrogens with two attached hydrogens (primary N) is 1. The maximum atomic E-state index is 10.0. The monoisotopic (exact) mass is 314 g/mol. The Morgan fingerprint density at radius 1 is 1.29 bits per heavy atom. The lowest BCUT2D eigenvalue weighted by atomic mass is 10.0. The number of hydrogen-bond acceptors (Lipinski definition) is 2. The minimum atomic E-state index is -0.463. The van der Waals surface area contributed by atoms with E-state index in [1.807, 2.05) is 19.1 Å². The number of aliphatic hydroxyl groups excluding tert-OH is 1. The molecule has 0 saturated carbocycles. The summed E-state index contributed by atoms with van der Waals surface area (Å²) in [6.07, 6.45) is 0.636. The van der Waals surface area contributed by atoms with Crippen LogP contribution < -0.4 is 10.1 Å². The Labute approximate surface area is 133 Å². The van der Waals surface area contributed by atoms with Gasteiger partial charge in [0.1, 0.15) is 25.0 Å². The number of ether oxygens (including phenoxy) is 1. The van der Waals surface area contributed by atoms with E-state index in [1.54, 1.807) is 0 Å². The van der Waals surface area contributed by atoms with Crippen molar-refractivity contribution < 1.29 is 15.2 Å². The van der Waals surface area contributed by atoms with Gasteiger partial charge in [0.15, 0.2) is 0 Å². The van der Waals surface area contributed by atoms with E-state index >= 15 is 0 Å². The first kappa shape index (κ1) is 18.3. The summed E-state index contributed by atoms with van der Waals surface area (Å²) in [6, 6.07) is 4.46. The van der Waals surface area contributed by atoms with Crippen LogP contribution in [0.1, 0.15) is 51.2 Å². The van der Waals surface area contributed by atoms with Crippen molar-refractivity contribution in [1.82, 2.24) is 0 Å². The van der Waals surface area contributed by atoms with E-state index in [9.17, 15) is 5.11 Å². The highest BCUT2D eigenvalue weighted by Crippen LogP contribution is 2.32. The third-order valence-electron chi connectivity index (χ3n) is 3.80. The van der Waals surface area contributed by atoms with Gasteiger partial charge in [-0.1, -0.05) is 32.4 Å². The molecule has 0 heterocycles. The smallest absolute Gasteiger partial charge is 0.137 e. The molecule has 1 aromatic rings. The van der Waals surface area contributed by atoms with E-state index in [4.69, 9.17) is 16.3 Å². The SMILES string of the molecule is CC[C@H](C)[NH2+]C[C@H](O)COc1cc(C)c(Cl)cc1C(C)C. The van der Waals surface area contributed by atoms with Crippen LogP contribution in [-0.2, 0) is 0 Å². The van der Waals surface area contributed by atoms with E-state index in [-0.39, 0.29) is 0 Å². The summed E-state index contributed by atoms with van der Waals surface area (Å²) in [5.74, 6) is 1.16. The summed E-state index contributed by atoms with van der Waals surface area (Å²) >= 11 is 6.18. The Balaban J connectivity index is 2.64. The zero-order valence-corrected chi connectivity index (χ0v) is 14.6. The van der Waals surface area contributed by atoms with Crippen LogP contribution in [0.2, 0.25) is 5.02 Å². The molecule has 3 nitrogen and oxygen atoms in total. The number of hydrogen-bond donors (Lipinski definition) is 2. The van der Waals surface area contributed by atoms with Crippen LogP contribution in [0.4, 0.5) is 0 Å². The van der Waals surface area contributed by atoms with Crippen molar-refractivity contribution in [1.29, 1.82) is 0 Å². The second-order valence-electron chi connectivity index (χ2n) is 6.12. The van der Waals surface area contributed by atoms with Crippen LogP contribution >= 0.6 is 11.6 Å². The summed E-state index contributed by atoms with van der Waals surface area (Å²) in [5, 5.41) is 12.9. The fourth-order valence-corrected chi connectivity index (χ4v) is 2.23. The Bertz CT molecular complexity index is 449. The van der Waals surface area contributed by atoms with E-state index in [0.29, 0.717) is 25.1 Å². The maximum absolute atomic E-state index is 10.0. The maximum Gasteiger partial charge on any atom is 0.137 e. The van der Waals surface area contributed by atoms with Gasteiger partial charge in [0, 0.05) is 5.02 Å². The molecule has 0 bridgehead atoms. The second kappa shape index (κ2) is 8.62. The zero-order chi connectivity index (χ0) is 16.0. The molecule has 0 aliphatic heterocycles. The van der Waals surface area contributed by atoms with Crippen LogP contribution in [0.15, 0.2) is 12.1 Å². The van der Waals surface area contributed by atoms with Gasteiger partial charge in [-0.05, 0) is 49.4 Å². The van der Waals surface area contributed by atoms with Gasteiger partial charge in [-0.2, -0.15) is 0 Å². The molecule has 0 spiro atoms. The van der Waals surface area contributed by atoms with Gasteiger partial charge in [-0.15, -0.1) is 0 Å². The average molecular weight is 315 g/mol. The van der Waals surface area contributed by atoms with Gasteiger partial charge in [-0.3, -0.25) is 0 Å². The Kier molecular flexibility index (Phi) is 7.50. The quantitative estimate of drug-likeness (QED) is 0.775. The third kappa shape index (κ3) is 5.85. The largest absolute Gasteiger partial charge is 0.490 e. The number of quaternary nitrogens is 1. The van der Waals surface area contributed by atoms with Crippen molar-refractivity contribution in [3.05, 3.63) is 28.3 Å². The number of benzene rings is 1. The van der Waals surface area contributed by atoms with Crippen LogP contribution in [0, 0.1) is 6.92 Å². The van der Waals surface area contributed by atoms with Gasteiger partial charge in [-0.25, -0.2) is 0 Å². The van der Waals surface area contributed by atoms with Crippen LogP contribution in [-0.4, -0.2) is 30.4 Å². The fourth-order valence-electron chi connectivity index (χ4n) is 2.06. The van der Waals surface area contributed by atoms with Crippen molar-refractivity contribution in [3.63, 3.8) is 0 Å². The normalized spacial score (nSPS) is 14.3.